The van der Waals surface area contributed by atoms with Crippen molar-refractivity contribution in [3.05, 3.63) is 47.7 Å². The minimum atomic E-state index is -0.461. The van der Waals surface area contributed by atoms with E-state index in [2.05, 4.69) is 41.1 Å². The van der Waals surface area contributed by atoms with Gasteiger partial charge in [-0.3, -0.25) is 4.79 Å². The third kappa shape index (κ3) is 3.35. The maximum Gasteiger partial charge on any atom is 0.251 e. The molecule has 1 aromatic heterocycles. The normalized spacial score (nSPS) is 14.9. The van der Waals surface area contributed by atoms with Crippen LogP contribution in [-0.2, 0) is 0 Å². The van der Waals surface area contributed by atoms with Crippen LogP contribution in [0, 0.1) is 6.92 Å². The zero-order valence-corrected chi connectivity index (χ0v) is 17.9. The van der Waals surface area contributed by atoms with Crippen LogP contribution in [0.2, 0.25) is 0 Å². The van der Waals surface area contributed by atoms with E-state index < -0.39 is 5.91 Å². The van der Waals surface area contributed by atoms with Crippen LogP contribution in [-0.4, -0.2) is 62.8 Å². The molecule has 2 aromatic carbocycles. The summed E-state index contributed by atoms with van der Waals surface area (Å²) >= 11 is 0. The summed E-state index contributed by atoms with van der Waals surface area (Å²) in [5, 5.41) is 0.751. The molecule has 2 heterocycles. The first-order valence-electron chi connectivity index (χ1n) is 10.1. The second kappa shape index (κ2) is 7.91. The molecule has 0 spiro atoms. The van der Waals surface area contributed by atoms with Crippen LogP contribution < -0.4 is 20.1 Å². The highest BCUT2D eigenvalue weighted by atomic mass is 16.5. The highest BCUT2D eigenvalue weighted by molar-refractivity contribution is 6.09. The summed E-state index contributed by atoms with van der Waals surface area (Å²) in [6.07, 6.45) is 0. The highest BCUT2D eigenvalue weighted by Crippen LogP contribution is 2.38. The number of ether oxygens (including phenoxy) is 2. The molecule has 0 aliphatic carbocycles. The SMILES string of the molecule is COc1cc2c(C(N)=O)c(C)n(-c3ccc(N4CCN(C)CC4)cc3)c2cc1OC. The number of amides is 1. The van der Waals surface area contributed by atoms with Gasteiger partial charge in [-0.1, -0.05) is 0 Å². The van der Waals surface area contributed by atoms with Gasteiger partial charge < -0.3 is 29.6 Å². The summed E-state index contributed by atoms with van der Waals surface area (Å²) in [4.78, 5) is 17.0. The Balaban J connectivity index is 1.82. The molecule has 0 atom stereocenters. The van der Waals surface area contributed by atoms with Crippen LogP contribution >= 0.6 is 0 Å². The van der Waals surface area contributed by atoms with Gasteiger partial charge in [-0.2, -0.15) is 0 Å². The second-order valence-electron chi connectivity index (χ2n) is 7.69. The molecule has 0 radical (unpaired) electrons. The molecular weight excluding hydrogens is 380 g/mol. The predicted molar refractivity (Wildman–Crippen MR) is 119 cm³/mol. The van der Waals surface area contributed by atoms with Crippen LogP contribution in [0.3, 0.4) is 0 Å². The van der Waals surface area contributed by atoms with Crippen molar-refractivity contribution in [1.29, 1.82) is 0 Å². The van der Waals surface area contributed by atoms with Crippen LogP contribution in [0.1, 0.15) is 16.1 Å². The average Bonchev–Trinajstić information content (AvgIpc) is 3.04. The van der Waals surface area contributed by atoms with Crippen molar-refractivity contribution in [2.24, 2.45) is 5.73 Å². The lowest BCUT2D eigenvalue weighted by Crippen LogP contribution is -2.44. The fourth-order valence-corrected chi connectivity index (χ4v) is 4.26. The van der Waals surface area contributed by atoms with E-state index in [9.17, 15) is 4.79 Å². The van der Waals surface area contributed by atoms with Gasteiger partial charge in [-0.15, -0.1) is 0 Å². The third-order valence-electron chi connectivity index (χ3n) is 5.93. The molecule has 1 amide bonds. The van der Waals surface area contributed by atoms with E-state index in [-0.39, 0.29) is 0 Å². The Morgan fingerprint density at radius 3 is 2.07 bits per heavy atom. The van der Waals surface area contributed by atoms with Crippen molar-refractivity contribution in [3.8, 4) is 17.2 Å². The number of primary amides is 1. The van der Waals surface area contributed by atoms with Crippen LogP contribution in [0.4, 0.5) is 5.69 Å². The lowest BCUT2D eigenvalue weighted by atomic mass is 10.1. The minimum Gasteiger partial charge on any atom is -0.493 e. The number of aromatic nitrogens is 1. The van der Waals surface area contributed by atoms with Gasteiger partial charge in [0.25, 0.3) is 5.91 Å². The smallest absolute Gasteiger partial charge is 0.251 e. The van der Waals surface area contributed by atoms with Crippen molar-refractivity contribution in [2.75, 3.05) is 52.3 Å². The quantitative estimate of drug-likeness (QED) is 0.703. The number of hydrogen-bond acceptors (Lipinski definition) is 5. The molecule has 158 valence electrons. The van der Waals surface area contributed by atoms with Gasteiger partial charge in [0.2, 0.25) is 0 Å². The molecular formula is C23H28N4O3. The lowest BCUT2D eigenvalue weighted by Gasteiger charge is -2.34. The van der Waals surface area contributed by atoms with E-state index in [1.54, 1.807) is 14.2 Å². The van der Waals surface area contributed by atoms with Crippen molar-refractivity contribution in [2.45, 2.75) is 6.92 Å². The minimum absolute atomic E-state index is 0.461. The summed E-state index contributed by atoms with van der Waals surface area (Å²) < 4.78 is 13.0. The number of benzene rings is 2. The first-order chi connectivity index (χ1) is 14.4. The van der Waals surface area contributed by atoms with Gasteiger partial charge >= 0.3 is 0 Å². The largest absolute Gasteiger partial charge is 0.493 e. The summed E-state index contributed by atoms with van der Waals surface area (Å²) in [7, 11) is 5.33. The lowest BCUT2D eigenvalue weighted by molar-refractivity contribution is 0.100. The van der Waals surface area contributed by atoms with E-state index in [0.29, 0.717) is 17.1 Å². The molecule has 3 aromatic rings. The van der Waals surface area contributed by atoms with Crippen LogP contribution in [0.25, 0.3) is 16.6 Å². The van der Waals surface area contributed by atoms with Crippen molar-refractivity contribution in [3.63, 3.8) is 0 Å². The molecule has 2 N–H and O–H groups in total. The molecule has 7 nitrogen and oxygen atoms in total. The van der Waals surface area contributed by atoms with Gasteiger partial charge in [0, 0.05) is 54.7 Å². The molecule has 0 saturated carbocycles. The Bertz CT molecular complexity index is 1080. The first-order valence-corrected chi connectivity index (χ1v) is 10.1. The van der Waals surface area contributed by atoms with Crippen molar-refractivity contribution < 1.29 is 14.3 Å². The number of carbonyl (C=O) groups is 1. The van der Waals surface area contributed by atoms with E-state index in [1.165, 1.54) is 5.69 Å². The Labute approximate surface area is 176 Å². The number of methoxy groups -OCH3 is 2. The predicted octanol–water partition coefficient (Wildman–Crippen LogP) is 2.81. The van der Waals surface area contributed by atoms with Gasteiger partial charge in [0.05, 0.1) is 25.3 Å². The van der Waals surface area contributed by atoms with Gasteiger partial charge in [0.1, 0.15) is 0 Å². The number of hydrogen-bond donors (Lipinski definition) is 1. The Morgan fingerprint density at radius 1 is 0.933 bits per heavy atom. The molecule has 1 aliphatic rings. The van der Waals surface area contributed by atoms with Crippen LogP contribution in [0.5, 0.6) is 11.5 Å². The van der Waals surface area contributed by atoms with E-state index in [0.717, 1.165) is 48.5 Å². The third-order valence-corrected chi connectivity index (χ3v) is 5.93. The molecule has 1 saturated heterocycles. The number of likely N-dealkylation sites (N-methyl/N-ethyl adjacent to an activating group) is 1. The monoisotopic (exact) mass is 408 g/mol. The molecule has 0 bridgehead atoms. The fourth-order valence-electron chi connectivity index (χ4n) is 4.26. The van der Waals surface area contributed by atoms with Crippen LogP contribution in [0.15, 0.2) is 36.4 Å². The second-order valence-corrected chi connectivity index (χ2v) is 7.69. The summed E-state index contributed by atoms with van der Waals surface area (Å²) in [5.41, 5.74) is 10.0. The van der Waals surface area contributed by atoms with Crippen molar-refractivity contribution in [1.82, 2.24) is 9.47 Å². The molecule has 30 heavy (non-hydrogen) atoms. The standard InChI is InChI=1S/C23H28N4O3/c1-15-22(23(24)28)18-13-20(29-3)21(30-4)14-19(18)27(15)17-7-5-16(6-8-17)26-11-9-25(2)10-12-26/h5-8,13-14H,9-12H2,1-4H3,(H2,24,28). The molecule has 7 heteroatoms. The summed E-state index contributed by atoms with van der Waals surface area (Å²) in [5.74, 6) is 0.710. The number of nitrogens with two attached hydrogens (primary N) is 1. The van der Waals surface area contributed by atoms with Gasteiger partial charge in [0.15, 0.2) is 11.5 Å². The number of anilines is 1. The number of nitrogens with zero attached hydrogens (tertiary/aromatic N) is 3. The van der Waals surface area contributed by atoms with Crippen molar-refractivity contribution >= 4 is 22.5 Å². The van der Waals surface area contributed by atoms with Gasteiger partial charge in [-0.25, -0.2) is 0 Å². The Morgan fingerprint density at radius 2 is 1.50 bits per heavy atom. The average molecular weight is 409 g/mol. The highest BCUT2D eigenvalue weighted by Gasteiger charge is 2.22. The summed E-state index contributed by atoms with van der Waals surface area (Å²) in [6, 6.07) is 12.1. The molecule has 1 fully saturated rings. The van der Waals surface area contributed by atoms with Gasteiger partial charge in [-0.05, 0) is 44.3 Å². The number of carbonyl (C=O) groups excluding carboxylic acids is 1. The zero-order valence-electron chi connectivity index (χ0n) is 17.9. The molecule has 4 rings (SSSR count). The zero-order chi connectivity index (χ0) is 21.4. The van der Waals surface area contributed by atoms with E-state index in [1.807, 2.05) is 23.6 Å². The summed E-state index contributed by atoms with van der Waals surface area (Å²) in [6.45, 7) is 6.07. The Kier molecular flexibility index (Phi) is 5.30. The van der Waals surface area contributed by atoms with E-state index >= 15 is 0 Å². The topological polar surface area (TPSA) is 73.0 Å². The number of rotatable bonds is 5. The molecule has 0 unspecified atom stereocenters. The number of piperazine rings is 1. The Hall–Kier alpha value is -3.19. The maximum absolute atomic E-state index is 12.2. The molecule has 1 aliphatic heterocycles. The first kappa shape index (κ1) is 20.1. The maximum atomic E-state index is 12.2. The van der Waals surface area contributed by atoms with E-state index in [4.69, 9.17) is 15.2 Å². The number of fused-ring (bicyclic) bond motifs is 1. The fraction of sp³-hybridized carbons (Fsp3) is 0.348.